The lowest BCUT2D eigenvalue weighted by atomic mass is 9.97. The number of piperazine rings is 1. The Hall–Kier alpha value is -1.79. The van der Waals surface area contributed by atoms with Gasteiger partial charge in [0.05, 0.1) is 10.7 Å². The van der Waals surface area contributed by atoms with Gasteiger partial charge < -0.3 is 5.32 Å². The molecular formula is C18H22FN3OS. The molecule has 0 saturated carbocycles. The molecule has 1 unspecified atom stereocenters. The number of hydrogen-bond acceptors (Lipinski definition) is 4. The molecule has 0 radical (unpaired) electrons. The summed E-state index contributed by atoms with van der Waals surface area (Å²) in [4.78, 5) is 19.3. The van der Waals surface area contributed by atoms with E-state index in [0.717, 1.165) is 41.2 Å². The third-order valence-electron chi connectivity index (χ3n) is 4.27. The molecule has 1 aliphatic heterocycles. The van der Waals surface area contributed by atoms with Gasteiger partial charge in [0.15, 0.2) is 0 Å². The molecule has 1 aliphatic rings. The molecule has 128 valence electrons. The van der Waals surface area contributed by atoms with Crippen LogP contribution in [0.25, 0.3) is 0 Å². The fourth-order valence-electron chi connectivity index (χ4n) is 3.13. The third kappa shape index (κ3) is 3.65. The van der Waals surface area contributed by atoms with Gasteiger partial charge in [-0.15, -0.1) is 11.3 Å². The molecular weight excluding hydrogens is 325 g/mol. The Balaban J connectivity index is 1.84. The minimum absolute atomic E-state index is 0.0278. The number of thiazole rings is 1. The van der Waals surface area contributed by atoms with Crippen LogP contribution < -0.4 is 5.32 Å². The van der Waals surface area contributed by atoms with Crippen LogP contribution in [-0.2, 0) is 17.8 Å². The summed E-state index contributed by atoms with van der Waals surface area (Å²) in [6, 6.07) is 4.23. The molecule has 1 N–H and O–H groups in total. The summed E-state index contributed by atoms with van der Waals surface area (Å²) in [6.07, 6.45) is 2.07. The van der Waals surface area contributed by atoms with Crippen molar-refractivity contribution in [3.05, 3.63) is 51.2 Å². The number of rotatable bonds is 5. The molecule has 1 fully saturated rings. The van der Waals surface area contributed by atoms with E-state index in [-0.39, 0.29) is 11.7 Å². The number of nitrogens with zero attached hydrogens (tertiary/aromatic N) is 2. The van der Waals surface area contributed by atoms with Crippen molar-refractivity contribution in [3.63, 3.8) is 0 Å². The highest BCUT2D eigenvalue weighted by atomic mass is 32.1. The zero-order valence-electron chi connectivity index (χ0n) is 14.0. The summed E-state index contributed by atoms with van der Waals surface area (Å²) in [5.74, 6) is -0.303. The quantitative estimate of drug-likeness (QED) is 0.903. The highest BCUT2D eigenvalue weighted by Crippen LogP contribution is 2.28. The molecule has 24 heavy (non-hydrogen) atoms. The maximum atomic E-state index is 13.4. The van der Waals surface area contributed by atoms with Gasteiger partial charge in [0, 0.05) is 25.0 Å². The van der Waals surface area contributed by atoms with Crippen LogP contribution in [0.5, 0.6) is 0 Å². The van der Waals surface area contributed by atoms with Gasteiger partial charge in [-0.05, 0) is 43.0 Å². The molecule has 1 amide bonds. The smallest absolute Gasteiger partial charge is 0.242 e. The number of halogens is 1. The van der Waals surface area contributed by atoms with E-state index in [2.05, 4.69) is 27.5 Å². The maximum absolute atomic E-state index is 13.4. The fourth-order valence-corrected chi connectivity index (χ4v) is 4.02. The molecule has 1 atom stereocenters. The average molecular weight is 347 g/mol. The fraction of sp³-hybridized carbons (Fsp3) is 0.444. The van der Waals surface area contributed by atoms with Crippen LogP contribution in [0.3, 0.4) is 0 Å². The normalized spacial score (nSPS) is 18.6. The van der Waals surface area contributed by atoms with Crippen molar-refractivity contribution >= 4 is 17.2 Å². The van der Waals surface area contributed by atoms with E-state index in [9.17, 15) is 9.18 Å². The number of hydrogen-bond donors (Lipinski definition) is 1. The van der Waals surface area contributed by atoms with Gasteiger partial charge in [0.1, 0.15) is 11.9 Å². The van der Waals surface area contributed by atoms with Crippen molar-refractivity contribution in [2.24, 2.45) is 0 Å². The number of nitrogens with one attached hydrogen (secondary N) is 1. The molecule has 4 nitrogen and oxygen atoms in total. The van der Waals surface area contributed by atoms with Gasteiger partial charge in [-0.3, -0.25) is 9.69 Å². The van der Waals surface area contributed by atoms with E-state index in [4.69, 9.17) is 0 Å². The van der Waals surface area contributed by atoms with Crippen LogP contribution in [0.4, 0.5) is 4.39 Å². The van der Waals surface area contributed by atoms with Crippen molar-refractivity contribution in [1.82, 2.24) is 15.2 Å². The Kier molecular flexibility index (Phi) is 5.26. The zero-order valence-corrected chi connectivity index (χ0v) is 14.8. The van der Waals surface area contributed by atoms with Crippen LogP contribution in [0, 0.1) is 12.7 Å². The first-order chi connectivity index (χ1) is 11.6. The van der Waals surface area contributed by atoms with Crippen LogP contribution in [0.2, 0.25) is 0 Å². The molecule has 0 spiro atoms. The number of carbonyl (C=O) groups excluding carboxylic acids is 1. The average Bonchev–Trinajstić information content (AvgIpc) is 2.96. The van der Waals surface area contributed by atoms with Gasteiger partial charge in [0.25, 0.3) is 0 Å². The Morgan fingerprint density at radius 2 is 2.29 bits per heavy atom. The van der Waals surface area contributed by atoms with Gasteiger partial charge in [-0.25, -0.2) is 9.37 Å². The molecule has 1 saturated heterocycles. The second-order valence-electron chi connectivity index (χ2n) is 6.15. The van der Waals surface area contributed by atoms with Crippen molar-refractivity contribution in [3.8, 4) is 0 Å². The van der Waals surface area contributed by atoms with E-state index < -0.39 is 6.04 Å². The number of aromatic nitrogens is 1. The minimum atomic E-state index is -0.393. The second-order valence-corrected chi connectivity index (χ2v) is 7.09. The number of amides is 1. The first kappa shape index (κ1) is 17.0. The first-order valence-electron chi connectivity index (χ1n) is 8.29. The standard InChI is InChI=1S/C18H22FN3OS/c1-3-4-16-21-14(11-24-16)10-22-8-7-20-18(23)17(22)15-6-5-13(19)9-12(15)2/h5-6,9,11,17H,3-4,7-8,10H2,1-2H3,(H,20,23). The summed E-state index contributed by atoms with van der Waals surface area (Å²) in [5, 5.41) is 6.14. The van der Waals surface area contributed by atoms with Crippen molar-refractivity contribution in [2.75, 3.05) is 13.1 Å². The van der Waals surface area contributed by atoms with Crippen LogP contribution >= 0.6 is 11.3 Å². The molecule has 2 heterocycles. The lowest BCUT2D eigenvalue weighted by Crippen LogP contribution is -2.49. The molecule has 1 aromatic carbocycles. The predicted molar refractivity (Wildman–Crippen MR) is 93.4 cm³/mol. The van der Waals surface area contributed by atoms with Crippen molar-refractivity contribution < 1.29 is 9.18 Å². The topological polar surface area (TPSA) is 45.2 Å². The Labute approximate surface area is 145 Å². The SMILES string of the molecule is CCCc1nc(CN2CCNC(=O)C2c2ccc(F)cc2C)cs1. The number of aryl methyl sites for hydroxylation is 2. The van der Waals surface area contributed by atoms with E-state index in [1.807, 2.05) is 6.92 Å². The number of carbonyl (C=O) groups is 1. The molecule has 1 aromatic heterocycles. The second kappa shape index (κ2) is 7.40. The highest BCUT2D eigenvalue weighted by Gasteiger charge is 2.32. The summed E-state index contributed by atoms with van der Waals surface area (Å²) in [7, 11) is 0. The van der Waals surface area contributed by atoms with Crippen molar-refractivity contribution in [1.29, 1.82) is 0 Å². The summed E-state index contributed by atoms with van der Waals surface area (Å²) < 4.78 is 13.4. The van der Waals surface area contributed by atoms with E-state index in [1.165, 1.54) is 12.1 Å². The van der Waals surface area contributed by atoms with E-state index in [1.54, 1.807) is 17.4 Å². The van der Waals surface area contributed by atoms with E-state index >= 15 is 0 Å². The number of benzene rings is 1. The van der Waals surface area contributed by atoms with E-state index in [0.29, 0.717) is 13.1 Å². The molecule has 0 bridgehead atoms. The summed E-state index contributed by atoms with van der Waals surface area (Å²) in [6.45, 7) is 6.01. The van der Waals surface area contributed by atoms with Gasteiger partial charge in [-0.1, -0.05) is 13.0 Å². The predicted octanol–water partition coefficient (Wildman–Crippen LogP) is 3.22. The summed E-state index contributed by atoms with van der Waals surface area (Å²) in [5.41, 5.74) is 2.66. The Morgan fingerprint density at radius 1 is 1.46 bits per heavy atom. The molecule has 3 rings (SSSR count). The van der Waals surface area contributed by atoms with Gasteiger partial charge in [0.2, 0.25) is 5.91 Å². The minimum Gasteiger partial charge on any atom is -0.353 e. The van der Waals surface area contributed by atoms with Gasteiger partial charge >= 0.3 is 0 Å². The van der Waals surface area contributed by atoms with Crippen molar-refractivity contribution in [2.45, 2.75) is 39.3 Å². The van der Waals surface area contributed by atoms with Crippen LogP contribution in [0.15, 0.2) is 23.6 Å². The highest BCUT2D eigenvalue weighted by molar-refractivity contribution is 7.09. The largest absolute Gasteiger partial charge is 0.353 e. The monoisotopic (exact) mass is 347 g/mol. The molecule has 0 aliphatic carbocycles. The molecule has 6 heteroatoms. The Morgan fingerprint density at radius 3 is 3.04 bits per heavy atom. The lowest BCUT2D eigenvalue weighted by Gasteiger charge is -2.35. The van der Waals surface area contributed by atoms with Gasteiger partial charge in [-0.2, -0.15) is 0 Å². The maximum Gasteiger partial charge on any atom is 0.242 e. The third-order valence-corrected chi connectivity index (χ3v) is 5.22. The Bertz CT molecular complexity index is 731. The first-order valence-corrected chi connectivity index (χ1v) is 9.17. The summed E-state index contributed by atoms with van der Waals surface area (Å²) >= 11 is 1.68. The van der Waals surface area contributed by atoms with Crippen LogP contribution in [-0.4, -0.2) is 28.9 Å². The molecule has 2 aromatic rings. The zero-order chi connectivity index (χ0) is 17.1. The van der Waals surface area contributed by atoms with Crippen LogP contribution in [0.1, 0.15) is 41.2 Å². The lowest BCUT2D eigenvalue weighted by molar-refractivity contribution is -0.129.